The summed E-state index contributed by atoms with van der Waals surface area (Å²) in [6, 6.07) is -0.407. The number of halogens is 4. The van der Waals surface area contributed by atoms with E-state index in [0.29, 0.717) is 0 Å². The van der Waals surface area contributed by atoms with Gasteiger partial charge in [-0.15, -0.1) is 0 Å². The lowest BCUT2D eigenvalue weighted by Crippen LogP contribution is -2.33. The Morgan fingerprint density at radius 1 is 1.15 bits per heavy atom. The van der Waals surface area contributed by atoms with Gasteiger partial charge in [0.05, 0.1) is 0 Å². The molecule has 1 atom stereocenters. The Bertz CT molecular complexity index is 465. The van der Waals surface area contributed by atoms with Crippen LogP contribution in [-0.4, -0.2) is 40.3 Å². The summed E-state index contributed by atoms with van der Waals surface area (Å²) < 4.78 is 42.0. The molecule has 9 heteroatoms. The quantitative estimate of drug-likeness (QED) is 0.859. The van der Waals surface area contributed by atoms with Crippen molar-refractivity contribution in [1.82, 2.24) is 15.0 Å². The van der Waals surface area contributed by atoms with Gasteiger partial charge in [-0.2, -0.15) is 28.1 Å². The molecule has 0 amide bonds. The van der Waals surface area contributed by atoms with Crippen molar-refractivity contribution in [2.45, 2.75) is 38.5 Å². The maximum Gasteiger partial charge on any atom is 0.425 e. The third kappa shape index (κ3) is 3.84. The molecule has 1 aliphatic rings. The lowest BCUT2D eigenvalue weighted by atomic mass is 10.1. The van der Waals surface area contributed by atoms with Gasteiger partial charge in [0.1, 0.15) is 0 Å². The Balaban J connectivity index is 2.15. The molecule has 2 heterocycles. The first-order chi connectivity index (χ1) is 9.36. The van der Waals surface area contributed by atoms with Crippen LogP contribution in [0.15, 0.2) is 0 Å². The second kappa shape index (κ2) is 5.99. The monoisotopic (exact) mass is 310 g/mol. The predicted octanol–water partition coefficient (Wildman–Crippen LogP) is 2.84. The lowest BCUT2D eigenvalue weighted by Gasteiger charge is -2.26. The average molecular weight is 311 g/mol. The van der Waals surface area contributed by atoms with Gasteiger partial charge in [-0.1, -0.05) is 0 Å². The zero-order valence-electron chi connectivity index (χ0n) is 10.8. The number of anilines is 1. The van der Waals surface area contributed by atoms with E-state index >= 15 is 0 Å². The van der Waals surface area contributed by atoms with Gasteiger partial charge in [0.25, 0.3) is 0 Å². The van der Waals surface area contributed by atoms with Crippen molar-refractivity contribution in [3.05, 3.63) is 5.28 Å². The average Bonchev–Trinajstić information content (AvgIpc) is 2.38. The summed E-state index contributed by atoms with van der Waals surface area (Å²) in [6.07, 6.45) is -3.40. The summed E-state index contributed by atoms with van der Waals surface area (Å²) >= 11 is 5.72. The fourth-order valence-electron chi connectivity index (χ4n) is 1.83. The highest BCUT2D eigenvalue weighted by Crippen LogP contribution is 2.25. The molecule has 2 rings (SSSR count). The highest BCUT2D eigenvalue weighted by Gasteiger charge is 2.38. The van der Waals surface area contributed by atoms with Crippen LogP contribution in [0.1, 0.15) is 26.2 Å². The predicted molar refractivity (Wildman–Crippen MR) is 67.0 cm³/mol. The van der Waals surface area contributed by atoms with E-state index in [9.17, 15) is 13.2 Å². The van der Waals surface area contributed by atoms with Gasteiger partial charge >= 0.3 is 12.2 Å². The fourth-order valence-corrected chi connectivity index (χ4v) is 1.98. The van der Waals surface area contributed by atoms with E-state index in [1.807, 2.05) is 4.90 Å². The van der Waals surface area contributed by atoms with E-state index < -0.39 is 18.3 Å². The van der Waals surface area contributed by atoms with Crippen LogP contribution in [0.3, 0.4) is 0 Å². The molecule has 1 unspecified atom stereocenters. The Labute approximate surface area is 119 Å². The molecule has 20 heavy (non-hydrogen) atoms. The van der Waals surface area contributed by atoms with Gasteiger partial charge in [0.15, 0.2) is 6.10 Å². The fraction of sp³-hybridized carbons (Fsp3) is 0.727. The van der Waals surface area contributed by atoms with Crippen LogP contribution in [0.5, 0.6) is 6.01 Å². The third-order valence-corrected chi connectivity index (χ3v) is 3.13. The highest BCUT2D eigenvalue weighted by molar-refractivity contribution is 6.28. The molecular formula is C11H14ClF3N4O. The minimum Gasteiger partial charge on any atom is -0.451 e. The number of rotatable bonds is 3. The molecule has 0 spiro atoms. The Morgan fingerprint density at radius 2 is 1.80 bits per heavy atom. The van der Waals surface area contributed by atoms with E-state index in [4.69, 9.17) is 16.3 Å². The molecular weight excluding hydrogens is 297 g/mol. The van der Waals surface area contributed by atoms with Gasteiger partial charge in [0.2, 0.25) is 11.2 Å². The SMILES string of the molecule is CC(Oc1nc(Cl)nc(N2CCCCC2)n1)C(F)(F)F. The second-order valence-corrected chi connectivity index (χ2v) is 4.87. The minimum atomic E-state index is -4.48. The van der Waals surface area contributed by atoms with E-state index in [-0.39, 0.29) is 11.2 Å². The number of alkyl halides is 3. The topological polar surface area (TPSA) is 51.1 Å². The highest BCUT2D eigenvalue weighted by atomic mass is 35.5. The van der Waals surface area contributed by atoms with Gasteiger partial charge in [-0.05, 0) is 37.8 Å². The molecule has 1 aromatic heterocycles. The van der Waals surface area contributed by atoms with Gasteiger partial charge in [-0.3, -0.25) is 0 Å². The molecule has 0 aliphatic carbocycles. The number of ether oxygens (including phenoxy) is 1. The van der Waals surface area contributed by atoms with Crippen LogP contribution in [0.4, 0.5) is 19.1 Å². The summed E-state index contributed by atoms with van der Waals surface area (Å²) in [6.45, 7) is 2.38. The number of hydrogen-bond acceptors (Lipinski definition) is 5. The molecule has 0 saturated carbocycles. The lowest BCUT2D eigenvalue weighted by molar-refractivity contribution is -0.190. The Kier molecular flexibility index (Phi) is 4.52. The van der Waals surface area contributed by atoms with Crippen molar-refractivity contribution >= 4 is 17.5 Å². The van der Waals surface area contributed by atoms with Crippen molar-refractivity contribution in [2.24, 2.45) is 0 Å². The van der Waals surface area contributed by atoms with Crippen LogP contribution in [0.25, 0.3) is 0 Å². The van der Waals surface area contributed by atoms with Crippen LogP contribution in [0.2, 0.25) is 5.28 Å². The number of hydrogen-bond donors (Lipinski definition) is 0. The summed E-state index contributed by atoms with van der Waals surface area (Å²) in [7, 11) is 0. The van der Waals surface area contributed by atoms with Crippen LogP contribution in [-0.2, 0) is 0 Å². The van der Waals surface area contributed by atoms with Crippen LogP contribution in [0, 0.1) is 0 Å². The van der Waals surface area contributed by atoms with Gasteiger partial charge in [-0.25, -0.2) is 0 Å². The van der Waals surface area contributed by atoms with E-state index in [1.165, 1.54) is 0 Å². The second-order valence-electron chi connectivity index (χ2n) is 4.54. The van der Waals surface area contributed by atoms with Crippen molar-refractivity contribution in [3.63, 3.8) is 0 Å². The molecule has 112 valence electrons. The van der Waals surface area contributed by atoms with Gasteiger partial charge < -0.3 is 9.64 Å². The maximum absolute atomic E-state index is 12.5. The van der Waals surface area contributed by atoms with E-state index in [2.05, 4.69) is 15.0 Å². The number of piperidine rings is 1. The molecule has 0 N–H and O–H groups in total. The van der Waals surface area contributed by atoms with Crippen molar-refractivity contribution in [1.29, 1.82) is 0 Å². The Hall–Kier alpha value is -1.31. The third-order valence-electron chi connectivity index (χ3n) is 2.96. The normalized spacial score (nSPS) is 17.9. The van der Waals surface area contributed by atoms with Gasteiger partial charge in [0, 0.05) is 13.1 Å². The largest absolute Gasteiger partial charge is 0.451 e. The zero-order chi connectivity index (χ0) is 14.8. The van der Waals surface area contributed by atoms with Crippen molar-refractivity contribution in [3.8, 4) is 6.01 Å². The number of nitrogens with zero attached hydrogens (tertiary/aromatic N) is 4. The first-order valence-electron chi connectivity index (χ1n) is 6.26. The summed E-state index contributed by atoms with van der Waals surface area (Å²) in [5, 5.41) is -0.176. The standard InChI is InChI=1S/C11H14ClF3N4O/c1-7(11(13,14)15)20-10-17-8(12)16-9(18-10)19-5-3-2-4-6-19/h7H,2-6H2,1H3. The molecule has 1 fully saturated rings. The molecule has 1 saturated heterocycles. The van der Waals surface area contributed by atoms with E-state index in [0.717, 1.165) is 39.3 Å². The van der Waals surface area contributed by atoms with Crippen molar-refractivity contribution < 1.29 is 17.9 Å². The maximum atomic E-state index is 12.5. The minimum absolute atomic E-state index is 0.176. The molecule has 0 radical (unpaired) electrons. The smallest absolute Gasteiger partial charge is 0.425 e. The zero-order valence-corrected chi connectivity index (χ0v) is 11.6. The summed E-state index contributed by atoms with van der Waals surface area (Å²) in [4.78, 5) is 13.3. The summed E-state index contributed by atoms with van der Waals surface area (Å²) in [5.41, 5.74) is 0. The molecule has 5 nitrogen and oxygen atoms in total. The van der Waals surface area contributed by atoms with E-state index in [1.54, 1.807) is 0 Å². The molecule has 0 aromatic carbocycles. The molecule has 0 bridgehead atoms. The van der Waals surface area contributed by atoms with Crippen molar-refractivity contribution in [2.75, 3.05) is 18.0 Å². The first-order valence-corrected chi connectivity index (χ1v) is 6.64. The van der Waals surface area contributed by atoms with Crippen LogP contribution >= 0.6 is 11.6 Å². The van der Waals surface area contributed by atoms with Crippen LogP contribution < -0.4 is 9.64 Å². The number of aromatic nitrogens is 3. The first kappa shape index (κ1) is 15.1. The molecule has 1 aromatic rings. The summed E-state index contributed by atoms with van der Waals surface area (Å²) in [5.74, 6) is 0.258. The Morgan fingerprint density at radius 3 is 2.40 bits per heavy atom. The molecule has 1 aliphatic heterocycles.